The smallest absolute Gasteiger partial charge is 0.240 e. The molecule has 0 aliphatic heterocycles. The molecule has 0 aliphatic carbocycles. The summed E-state index contributed by atoms with van der Waals surface area (Å²) in [6.45, 7) is 3.64. The number of hydrazine groups is 1. The molecular weight excluding hydrogens is 246 g/mol. The van der Waals surface area contributed by atoms with E-state index < -0.39 is 5.41 Å². The van der Waals surface area contributed by atoms with Gasteiger partial charge >= 0.3 is 0 Å². The highest BCUT2D eigenvalue weighted by Gasteiger charge is 2.27. The Morgan fingerprint density at radius 2 is 2.38 bits per heavy atom. The lowest BCUT2D eigenvalue weighted by Crippen LogP contribution is -2.42. The third kappa shape index (κ3) is 3.37. The number of aromatic nitrogens is 1. The second kappa shape index (κ2) is 5.52. The molecule has 0 saturated carbocycles. The molecule has 0 unspecified atom stereocenters. The first kappa shape index (κ1) is 13.3. The van der Waals surface area contributed by atoms with Crippen molar-refractivity contribution in [3.8, 4) is 0 Å². The monoisotopic (exact) mass is 259 g/mol. The van der Waals surface area contributed by atoms with Crippen molar-refractivity contribution in [2.24, 2.45) is 11.3 Å². The zero-order valence-electron chi connectivity index (χ0n) is 9.16. The van der Waals surface area contributed by atoms with Gasteiger partial charge in [-0.05, 0) is 12.1 Å². The van der Waals surface area contributed by atoms with Crippen LogP contribution in [-0.4, -0.2) is 16.6 Å². The van der Waals surface area contributed by atoms with Gasteiger partial charge < -0.3 is 0 Å². The number of pyridine rings is 1. The quantitative estimate of drug-likeness (QED) is 0.375. The Hall–Kier alpha value is -0.780. The van der Waals surface area contributed by atoms with E-state index in [9.17, 15) is 4.79 Å². The van der Waals surface area contributed by atoms with Crippen LogP contribution in [0.25, 0.3) is 0 Å². The van der Waals surface area contributed by atoms with Crippen LogP contribution < -0.4 is 11.3 Å². The molecule has 3 N–H and O–H groups in total. The average molecular weight is 260 g/mol. The van der Waals surface area contributed by atoms with Crippen molar-refractivity contribution >= 4 is 29.3 Å². The SMILES string of the molecule is CC(C)(CSc1ncccc1Cl)C(=O)NN. The molecule has 0 bridgehead atoms. The summed E-state index contributed by atoms with van der Waals surface area (Å²) in [6.07, 6.45) is 1.67. The van der Waals surface area contributed by atoms with Gasteiger partial charge in [0, 0.05) is 11.9 Å². The van der Waals surface area contributed by atoms with Crippen molar-refractivity contribution in [1.29, 1.82) is 0 Å². The average Bonchev–Trinajstić information content (AvgIpc) is 2.27. The maximum atomic E-state index is 11.4. The lowest BCUT2D eigenvalue weighted by molar-refractivity contribution is -0.128. The van der Waals surface area contributed by atoms with Crippen LogP contribution >= 0.6 is 23.4 Å². The second-order valence-corrected chi connectivity index (χ2v) is 5.31. The topological polar surface area (TPSA) is 68.0 Å². The number of hydrogen-bond acceptors (Lipinski definition) is 4. The van der Waals surface area contributed by atoms with Crippen LogP contribution in [0.3, 0.4) is 0 Å². The number of nitrogens with two attached hydrogens (primary N) is 1. The first-order chi connectivity index (χ1) is 7.47. The van der Waals surface area contributed by atoms with Crippen LogP contribution in [0.2, 0.25) is 5.02 Å². The molecule has 1 heterocycles. The van der Waals surface area contributed by atoms with E-state index in [1.54, 1.807) is 18.3 Å². The molecule has 0 saturated heterocycles. The molecule has 6 heteroatoms. The van der Waals surface area contributed by atoms with E-state index in [0.29, 0.717) is 10.8 Å². The van der Waals surface area contributed by atoms with Crippen LogP contribution in [0.5, 0.6) is 0 Å². The second-order valence-electron chi connectivity index (χ2n) is 3.94. The Labute approximate surface area is 104 Å². The maximum Gasteiger partial charge on any atom is 0.240 e. The van der Waals surface area contributed by atoms with Crippen LogP contribution in [0.4, 0.5) is 0 Å². The van der Waals surface area contributed by atoms with Crippen LogP contribution in [0, 0.1) is 5.41 Å². The minimum atomic E-state index is -0.555. The van der Waals surface area contributed by atoms with Gasteiger partial charge in [-0.1, -0.05) is 25.4 Å². The number of nitrogens with one attached hydrogen (secondary N) is 1. The van der Waals surface area contributed by atoms with Gasteiger partial charge in [0.05, 0.1) is 10.4 Å². The molecule has 0 aliphatic rings. The first-order valence-electron chi connectivity index (χ1n) is 4.72. The fourth-order valence-electron chi connectivity index (χ4n) is 0.987. The zero-order chi connectivity index (χ0) is 12.2. The summed E-state index contributed by atoms with van der Waals surface area (Å²) in [4.78, 5) is 15.6. The van der Waals surface area contributed by atoms with E-state index in [-0.39, 0.29) is 5.91 Å². The third-order valence-electron chi connectivity index (χ3n) is 2.04. The van der Waals surface area contributed by atoms with Gasteiger partial charge in [-0.3, -0.25) is 10.2 Å². The Kier molecular flexibility index (Phi) is 4.58. The van der Waals surface area contributed by atoms with Crippen molar-refractivity contribution in [2.45, 2.75) is 18.9 Å². The minimum absolute atomic E-state index is 0.202. The Morgan fingerprint density at radius 3 is 2.94 bits per heavy atom. The first-order valence-corrected chi connectivity index (χ1v) is 6.08. The van der Waals surface area contributed by atoms with Crippen LogP contribution in [0.15, 0.2) is 23.4 Å². The highest BCUT2D eigenvalue weighted by molar-refractivity contribution is 7.99. The van der Waals surface area contributed by atoms with E-state index in [0.717, 1.165) is 5.03 Å². The number of thioether (sulfide) groups is 1. The number of rotatable bonds is 4. The normalized spacial score (nSPS) is 11.2. The Morgan fingerprint density at radius 1 is 1.69 bits per heavy atom. The lowest BCUT2D eigenvalue weighted by Gasteiger charge is -2.21. The number of carbonyl (C=O) groups is 1. The summed E-state index contributed by atoms with van der Waals surface area (Å²) in [5.74, 6) is 5.47. The number of carbonyl (C=O) groups excluding carboxylic acids is 1. The molecule has 1 rings (SSSR count). The molecule has 0 fully saturated rings. The van der Waals surface area contributed by atoms with Gasteiger partial charge in [-0.15, -0.1) is 11.8 Å². The van der Waals surface area contributed by atoms with Gasteiger partial charge in [-0.25, -0.2) is 10.8 Å². The van der Waals surface area contributed by atoms with E-state index >= 15 is 0 Å². The fraction of sp³-hybridized carbons (Fsp3) is 0.400. The summed E-state index contributed by atoms with van der Waals surface area (Å²) < 4.78 is 0. The summed E-state index contributed by atoms with van der Waals surface area (Å²) in [5.41, 5.74) is 1.60. The molecule has 0 spiro atoms. The van der Waals surface area contributed by atoms with Gasteiger partial charge in [0.1, 0.15) is 5.03 Å². The molecule has 0 atom stereocenters. The highest BCUT2D eigenvalue weighted by atomic mass is 35.5. The van der Waals surface area contributed by atoms with Gasteiger partial charge in [0.2, 0.25) is 5.91 Å². The number of halogens is 1. The largest absolute Gasteiger partial charge is 0.294 e. The standard InChI is InChI=1S/C10H14ClN3OS/c1-10(2,9(15)14-12)6-16-8-7(11)4-3-5-13-8/h3-5H,6,12H2,1-2H3,(H,14,15). The van der Waals surface area contributed by atoms with E-state index in [2.05, 4.69) is 10.4 Å². The molecule has 16 heavy (non-hydrogen) atoms. The lowest BCUT2D eigenvalue weighted by atomic mass is 9.96. The molecule has 1 aromatic rings. The summed E-state index contributed by atoms with van der Waals surface area (Å²) in [7, 11) is 0. The summed E-state index contributed by atoms with van der Waals surface area (Å²) in [6, 6.07) is 3.54. The minimum Gasteiger partial charge on any atom is -0.294 e. The molecule has 4 nitrogen and oxygen atoms in total. The van der Waals surface area contributed by atoms with Crippen molar-refractivity contribution in [2.75, 3.05) is 5.75 Å². The van der Waals surface area contributed by atoms with Crippen molar-refractivity contribution < 1.29 is 4.79 Å². The fourth-order valence-corrected chi connectivity index (χ4v) is 2.24. The predicted octanol–water partition coefficient (Wildman–Crippen LogP) is 1.84. The van der Waals surface area contributed by atoms with E-state index in [1.807, 2.05) is 13.8 Å². The predicted molar refractivity (Wildman–Crippen MR) is 66.1 cm³/mol. The van der Waals surface area contributed by atoms with Crippen LogP contribution in [0.1, 0.15) is 13.8 Å². The van der Waals surface area contributed by atoms with Crippen molar-refractivity contribution in [3.63, 3.8) is 0 Å². The number of nitrogens with zero attached hydrogens (tertiary/aromatic N) is 1. The number of hydrogen-bond donors (Lipinski definition) is 2. The Balaban J connectivity index is 2.65. The zero-order valence-corrected chi connectivity index (χ0v) is 10.7. The van der Waals surface area contributed by atoms with Gasteiger partial charge in [-0.2, -0.15) is 0 Å². The van der Waals surface area contributed by atoms with Gasteiger partial charge in [0.25, 0.3) is 0 Å². The molecule has 0 radical (unpaired) electrons. The third-order valence-corrected chi connectivity index (χ3v) is 3.92. The molecule has 1 amide bonds. The highest BCUT2D eigenvalue weighted by Crippen LogP contribution is 2.30. The summed E-state index contributed by atoms with van der Waals surface area (Å²) >= 11 is 7.40. The molecule has 0 aromatic carbocycles. The van der Waals surface area contributed by atoms with Crippen molar-refractivity contribution in [3.05, 3.63) is 23.4 Å². The number of amides is 1. The van der Waals surface area contributed by atoms with Crippen molar-refractivity contribution in [1.82, 2.24) is 10.4 Å². The van der Waals surface area contributed by atoms with Crippen LogP contribution in [-0.2, 0) is 4.79 Å². The molecule has 1 aromatic heterocycles. The Bertz CT molecular complexity index is 384. The summed E-state index contributed by atoms with van der Waals surface area (Å²) in [5, 5.41) is 1.32. The molecular formula is C10H14ClN3OS. The maximum absolute atomic E-state index is 11.4. The van der Waals surface area contributed by atoms with E-state index in [4.69, 9.17) is 17.4 Å². The molecule has 88 valence electrons. The van der Waals surface area contributed by atoms with Gasteiger partial charge in [0.15, 0.2) is 0 Å². The van der Waals surface area contributed by atoms with E-state index in [1.165, 1.54) is 11.8 Å².